The second-order valence-electron chi connectivity index (χ2n) is 19.9. The molecule has 0 bridgehead atoms. The van der Waals surface area contributed by atoms with Crippen LogP contribution in [0.4, 0.5) is 0 Å². The van der Waals surface area contributed by atoms with Crippen LogP contribution in [0.1, 0.15) is 303 Å². The van der Waals surface area contributed by atoms with Crippen LogP contribution in [-0.4, -0.2) is 37.2 Å². The second kappa shape index (κ2) is 57.7. The van der Waals surface area contributed by atoms with E-state index in [1.807, 2.05) is 0 Å². The Morgan fingerprint density at radius 2 is 0.536 bits per heavy atom. The normalized spacial score (nSPS) is 12.4. The fraction of sp³-hybridized carbons (Fsp3) is 0.794. The number of ether oxygens (including phenoxy) is 3. The molecule has 6 heteroatoms. The number of unbranched alkanes of at least 4 members (excludes halogenated alkanes) is 33. The highest BCUT2D eigenvalue weighted by Gasteiger charge is 2.19. The Morgan fingerprint density at radius 3 is 0.855 bits per heavy atom. The van der Waals surface area contributed by atoms with E-state index in [-0.39, 0.29) is 31.1 Å². The largest absolute Gasteiger partial charge is 0.462 e. The van der Waals surface area contributed by atoms with Crippen LogP contribution in [0.2, 0.25) is 0 Å². The lowest BCUT2D eigenvalue weighted by molar-refractivity contribution is -0.167. The predicted octanol–water partition coefficient (Wildman–Crippen LogP) is 20.0. The molecule has 0 amide bonds. The molecule has 0 aliphatic carbocycles. The van der Waals surface area contributed by atoms with E-state index in [1.165, 1.54) is 161 Å². The minimum atomic E-state index is -0.783. The second-order valence-corrected chi connectivity index (χ2v) is 19.9. The summed E-state index contributed by atoms with van der Waals surface area (Å²) in [5, 5.41) is 0. The highest BCUT2D eigenvalue weighted by atomic mass is 16.6. The molecule has 6 nitrogen and oxygen atoms in total. The Hall–Kier alpha value is -2.89. The van der Waals surface area contributed by atoms with Gasteiger partial charge in [-0.1, -0.05) is 261 Å². The topological polar surface area (TPSA) is 78.9 Å². The van der Waals surface area contributed by atoms with E-state index >= 15 is 0 Å². The molecule has 0 saturated carbocycles. The summed E-state index contributed by atoms with van der Waals surface area (Å²) >= 11 is 0. The highest BCUT2D eigenvalue weighted by molar-refractivity contribution is 5.71. The summed E-state index contributed by atoms with van der Waals surface area (Å²) < 4.78 is 16.9. The van der Waals surface area contributed by atoms with Gasteiger partial charge in [0.05, 0.1) is 0 Å². The highest BCUT2D eigenvalue weighted by Crippen LogP contribution is 2.16. The van der Waals surface area contributed by atoms with Crippen molar-refractivity contribution in [2.45, 2.75) is 309 Å². The van der Waals surface area contributed by atoms with Crippen molar-refractivity contribution in [3.8, 4) is 0 Å². The van der Waals surface area contributed by atoms with E-state index in [2.05, 4.69) is 81.5 Å². The van der Waals surface area contributed by atoms with Gasteiger partial charge in [0.2, 0.25) is 0 Å². The SMILES string of the molecule is CCCC/C=C\C/C=C\CCCCCCCC(=O)OC(COC(=O)CCCCCCCCCC/C=C\C/C=C\C/C=C\CCCCCCC)COC(=O)CCCCCCCCCCCCCCCC. The third-order valence-electron chi connectivity index (χ3n) is 13.0. The monoisotopic (exact) mass is 965 g/mol. The molecule has 0 saturated heterocycles. The molecule has 1 atom stereocenters. The first-order valence-electron chi connectivity index (χ1n) is 29.8. The van der Waals surface area contributed by atoms with Gasteiger partial charge in [0.25, 0.3) is 0 Å². The third-order valence-corrected chi connectivity index (χ3v) is 13.0. The van der Waals surface area contributed by atoms with E-state index in [1.54, 1.807) is 0 Å². The molecule has 0 aromatic heterocycles. The molecule has 1 unspecified atom stereocenters. The van der Waals surface area contributed by atoms with Crippen molar-refractivity contribution in [3.05, 3.63) is 60.8 Å². The van der Waals surface area contributed by atoms with Crippen LogP contribution in [0, 0.1) is 0 Å². The van der Waals surface area contributed by atoms with E-state index in [0.29, 0.717) is 19.3 Å². The molecule has 400 valence electrons. The summed E-state index contributed by atoms with van der Waals surface area (Å²) in [6.45, 7) is 6.60. The zero-order valence-corrected chi connectivity index (χ0v) is 45.8. The average molecular weight is 966 g/mol. The van der Waals surface area contributed by atoms with Crippen LogP contribution in [0.5, 0.6) is 0 Å². The molecule has 0 aliphatic rings. The van der Waals surface area contributed by atoms with Gasteiger partial charge in [0, 0.05) is 19.3 Å². The standard InChI is InChI=1S/C63H112O6/c1-4-7-10-13-16-19-22-25-28-29-30-31-32-33-34-35-36-39-41-44-47-50-53-56-62(65)68-59-60(69-63(66)57-54-51-48-45-42-38-27-24-21-18-15-12-9-6-3)58-67-61(64)55-52-49-46-43-40-37-26-23-20-17-14-11-8-5-2/h15,18,22,24-25,27,29-30,32-33,60H,4-14,16-17,19-21,23,26,28,31,34-59H2,1-3H3/b18-15-,25-22-,27-24-,30-29-,33-32-. The van der Waals surface area contributed by atoms with Gasteiger partial charge in [0.15, 0.2) is 6.10 Å². The van der Waals surface area contributed by atoms with Crippen LogP contribution in [0.15, 0.2) is 60.8 Å². The molecule has 69 heavy (non-hydrogen) atoms. The van der Waals surface area contributed by atoms with Crippen LogP contribution in [0.3, 0.4) is 0 Å². The number of esters is 3. The summed E-state index contributed by atoms with van der Waals surface area (Å²) in [7, 11) is 0. The van der Waals surface area contributed by atoms with E-state index in [0.717, 1.165) is 103 Å². The Labute approximate surface area is 428 Å². The quantitative estimate of drug-likeness (QED) is 0.0262. The first-order valence-corrected chi connectivity index (χ1v) is 29.8. The molecule has 0 aliphatic heterocycles. The van der Waals surface area contributed by atoms with Gasteiger partial charge in [0.1, 0.15) is 13.2 Å². The number of hydrogen-bond donors (Lipinski definition) is 0. The molecule has 0 fully saturated rings. The third kappa shape index (κ3) is 55.9. The number of carbonyl (C=O) groups is 3. The molecule has 0 radical (unpaired) electrons. The van der Waals surface area contributed by atoms with E-state index in [4.69, 9.17) is 14.2 Å². The van der Waals surface area contributed by atoms with Gasteiger partial charge < -0.3 is 14.2 Å². The maximum atomic E-state index is 12.8. The van der Waals surface area contributed by atoms with Gasteiger partial charge in [-0.05, 0) is 83.5 Å². The lowest BCUT2D eigenvalue weighted by atomic mass is 10.0. The van der Waals surface area contributed by atoms with Gasteiger partial charge in [-0.15, -0.1) is 0 Å². The molecular formula is C63H112O6. The minimum Gasteiger partial charge on any atom is -0.462 e. The zero-order valence-electron chi connectivity index (χ0n) is 45.8. The Morgan fingerprint density at radius 1 is 0.290 bits per heavy atom. The van der Waals surface area contributed by atoms with Crippen LogP contribution >= 0.6 is 0 Å². The van der Waals surface area contributed by atoms with Crippen molar-refractivity contribution < 1.29 is 28.6 Å². The van der Waals surface area contributed by atoms with Gasteiger partial charge >= 0.3 is 17.9 Å². The molecule has 0 aromatic rings. The van der Waals surface area contributed by atoms with Crippen molar-refractivity contribution >= 4 is 17.9 Å². The summed E-state index contributed by atoms with van der Waals surface area (Å²) in [5.41, 5.74) is 0. The average Bonchev–Trinajstić information content (AvgIpc) is 3.35. The summed E-state index contributed by atoms with van der Waals surface area (Å²) in [6, 6.07) is 0. The van der Waals surface area contributed by atoms with E-state index < -0.39 is 6.10 Å². The van der Waals surface area contributed by atoms with Crippen molar-refractivity contribution in [1.82, 2.24) is 0 Å². The van der Waals surface area contributed by atoms with Crippen molar-refractivity contribution in [1.29, 1.82) is 0 Å². The maximum Gasteiger partial charge on any atom is 0.306 e. The number of allylic oxidation sites excluding steroid dienone is 10. The summed E-state index contributed by atoms with van der Waals surface area (Å²) in [4.78, 5) is 38.2. The molecular weight excluding hydrogens is 853 g/mol. The summed E-state index contributed by atoms with van der Waals surface area (Å²) in [6.07, 6.45) is 72.1. The van der Waals surface area contributed by atoms with Crippen LogP contribution in [0.25, 0.3) is 0 Å². The Bertz CT molecular complexity index is 1250. The van der Waals surface area contributed by atoms with Crippen molar-refractivity contribution in [2.75, 3.05) is 13.2 Å². The minimum absolute atomic E-state index is 0.0798. The van der Waals surface area contributed by atoms with Gasteiger partial charge in [-0.2, -0.15) is 0 Å². The smallest absolute Gasteiger partial charge is 0.306 e. The maximum absolute atomic E-state index is 12.8. The molecule has 0 aromatic carbocycles. The van der Waals surface area contributed by atoms with Gasteiger partial charge in [-0.3, -0.25) is 14.4 Å². The van der Waals surface area contributed by atoms with E-state index in [9.17, 15) is 14.4 Å². The number of hydrogen-bond acceptors (Lipinski definition) is 6. The molecule has 0 heterocycles. The fourth-order valence-electron chi connectivity index (χ4n) is 8.47. The first-order chi connectivity index (χ1) is 34.0. The van der Waals surface area contributed by atoms with Crippen molar-refractivity contribution in [2.24, 2.45) is 0 Å². The molecule has 0 rings (SSSR count). The Kier molecular flexibility index (Phi) is 55.3. The lowest BCUT2D eigenvalue weighted by Crippen LogP contribution is -2.30. The molecule has 0 spiro atoms. The van der Waals surface area contributed by atoms with Crippen LogP contribution < -0.4 is 0 Å². The van der Waals surface area contributed by atoms with Crippen LogP contribution in [-0.2, 0) is 28.6 Å². The summed E-state index contributed by atoms with van der Waals surface area (Å²) in [5.74, 6) is -0.889. The Balaban J connectivity index is 4.33. The fourth-order valence-corrected chi connectivity index (χ4v) is 8.47. The molecule has 0 N–H and O–H groups in total. The first kappa shape index (κ1) is 66.1. The lowest BCUT2D eigenvalue weighted by Gasteiger charge is -2.18. The number of rotatable bonds is 54. The van der Waals surface area contributed by atoms with Crippen molar-refractivity contribution in [3.63, 3.8) is 0 Å². The zero-order chi connectivity index (χ0) is 50.0. The van der Waals surface area contributed by atoms with Gasteiger partial charge in [-0.25, -0.2) is 0 Å². The number of carbonyl (C=O) groups excluding carboxylic acids is 3. The predicted molar refractivity (Wildman–Crippen MR) is 298 cm³/mol.